The molecule has 1 fully saturated rings. The van der Waals surface area contributed by atoms with Gasteiger partial charge in [-0.25, -0.2) is 14.9 Å². The Morgan fingerprint density at radius 1 is 1.30 bits per heavy atom. The molecule has 9 heteroatoms. The van der Waals surface area contributed by atoms with Gasteiger partial charge in [0.2, 0.25) is 6.67 Å². The molecule has 1 saturated heterocycles. The fourth-order valence-corrected chi connectivity index (χ4v) is 4.37. The van der Waals surface area contributed by atoms with Gasteiger partial charge < -0.3 is 5.32 Å². The predicted octanol–water partition coefficient (Wildman–Crippen LogP) is 2.57. The molecule has 0 saturated carbocycles. The number of hydrogen-bond donors (Lipinski definition) is 2. The number of rotatable bonds is 5. The Morgan fingerprint density at radius 3 is 3.00 bits per heavy atom. The molecule has 4 aromatic heterocycles. The van der Waals surface area contributed by atoms with Gasteiger partial charge in [0.15, 0.2) is 34.2 Å². The predicted molar refractivity (Wildman–Crippen MR) is 104 cm³/mol. The van der Waals surface area contributed by atoms with Crippen molar-refractivity contribution in [2.45, 2.75) is 26.4 Å². The lowest BCUT2D eigenvalue weighted by molar-refractivity contribution is -0.650. The Hall–Kier alpha value is -2.78. The largest absolute Gasteiger partial charge is 0.324 e. The summed E-state index contributed by atoms with van der Waals surface area (Å²) in [4.78, 5) is 11.7. The third kappa shape index (κ3) is 3.19. The fraction of sp³-hybridized carbons (Fsp3) is 0.333. The van der Waals surface area contributed by atoms with Gasteiger partial charge in [0, 0.05) is 37.1 Å². The minimum absolute atomic E-state index is 0.764. The van der Waals surface area contributed by atoms with E-state index in [1.165, 1.54) is 25.9 Å². The summed E-state index contributed by atoms with van der Waals surface area (Å²) in [5, 5.41) is 11.4. The summed E-state index contributed by atoms with van der Waals surface area (Å²) < 4.78 is 4.31. The van der Waals surface area contributed by atoms with Crippen molar-refractivity contribution < 1.29 is 3.96 Å². The molecule has 5 rings (SSSR count). The van der Waals surface area contributed by atoms with Crippen LogP contribution in [-0.4, -0.2) is 42.6 Å². The minimum Gasteiger partial charge on any atom is -0.324 e. The summed E-state index contributed by atoms with van der Waals surface area (Å²) in [6.45, 7) is 5.33. The number of aryl methyl sites for hydroxylation is 1. The molecule has 0 amide bonds. The Labute approximate surface area is 160 Å². The molecule has 2 N–H and O–H groups in total. The number of fused-ring (bicyclic) bond motifs is 1. The van der Waals surface area contributed by atoms with E-state index in [0.29, 0.717) is 0 Å². The van der Waals surface area contributed by atoms with E-state index < -0.39 is 0 Å². The van der Waals surface area contributed by atoms with Gasteiger partial charge >= 0.3 is 0 Å². The molecule has 5 heterocycles. The highest BCUT2D eigenvalue weighted by Gasteiger charge is 2.19. The zero-order chi connectivity index (χ0) is 18.2. The van der Waals surface area contributed by atoms with Crippen LogP contribution >= 0.6 is 11.5 Å². The molecule has 8 nitrogen and oxygen atoms in total. The maximum atomic E-state index is 4.67. The van der Waals surface area contributed by atoms with Crippen molar-refractivity contribution in [1.29, 1.82) is 0 Å². The first-order valence-corrected chi connectivity index (χ1v) is 9.86. The smallest absolute Gasteiger partial charge is 0.218 e. The maximum absolute atomic E-state index is 4.67. The number of anilines is 2. The van der Waals surface area contributed by atoms with Crippen LogP contribution in [0.5, 0.6) is 0 Å². The van der Waals surface area contributed by atoms with Crippen molar-refractivity contribution in [3.05, 3.63) is 42.7 Å². The third-order valence-electron chi connectivity index (χ3n) is 4.79. The summed E-state index contributed by atoms with van der Waals surface area (Å²) in [5.74, 6) is 0.764. The molecular formula is C18H21N8S+. The number of aromatic nitrogens is 6. The average Bonchev–Trinajstić information content (AvgIpc) is 3.43. The average molecular weight is 381 g/mol. The van der Waals surface area contributed by atoms with Gasteiger partial charge in [-0.05, 0) is 19.8 Å². The van der Waals surface area contributed by atoms with E-state index in [1.54, 1.807) is 17.7 Å². The van der Waals surface area contributed by atoms with E-state index in [4.69, 9.17) is 0 Å². The van der Waals surface area contributed by atoms with Crippen LogP contribution in [0.4, 0.5) is 10.8 Å². The molecule has 4 aromatic rings. The van der Waals surface area contributed by atoms with Crippen molar-refractivity contribution in [2.75, 3.05) is 18.4 Å². The molecule has 0 spiro atoms. The monoisotopic (exact) mass is 381 g/mol. The van der Waals surface area contributed by atoms with Gasteiger partial charge in [-0.3, -0.25) is 9.50 Å². The fourth-order valence-electron chi connectivity index (χ4n) is 3.51. The topological polar surface area (TPSA) is 78.0 Å². The number of nitrogens with one attached hydrogen (secondary N) is 2. The van der Waals surface area contributed by atoms with E-state index in [2.05, 4.69) is 51.0 Å². The number of hydrogen-bond acceptors (Lipinski definition) is 6. The van der Waals surface area contributed by atoms with Gasteiger partial charge in [-0.1, -0.05) is 0 Å². The van der Waals surface area contributed by atoms with Crippen molar-refractivity contribution in [3.8, 4) is 11.3 Å². The van der Waals surface area contributed by atoms with Crippen LogP contribution < -0.4 is 9.27 Å². The Balaban J connectivity index is 1.44. The molecule has 0 unspecified atom stereocenters. The maximum Gasteiger partial charge on any atom is 0.218 e. The summed E-state index contributed by atoms with van der Waals surface area (Å²) in [5.41, 5.74) is 3.71. The van der Waals surface area contributed by atoms with Crippen LogP contribution in [0, 0.1) is 6.92 Å². The molecule has 0 aromatic carbocycles. The molecule has 1 aliphatic heterocycles. The third-order valence-corrected chi connectivity index (χ3v) is 5.70. The standard InChI is InChI=1S/C18H20N8S/c1-13-11-26-15(14-8-20-21-9-14)10-19-18(26)17(22-13)23-16-4-7-25(27-16)12-24-5-2-3-6-24/h4,7-11H,2-3,5-6,12H2,1H3,(H,20,21,22)/p+1. The van der Waals surface area contributed by atoms with Crippen molar-refractivity contribution >= 4 is 28.0 Å². The van der Waals surface area contributed by atoms with Gasteiger partial charge in [-0.2, -0.15) is 5.10 Å². The second kappa shape index (κ2) is 6.75. The zero-order valence-corrected chi connectivity index (χ0v) is 15.9. The van der Waals surface area contributed by atoms with Crippen molar-refractivity contribution in [1.82, 2.24) is 29.5 Å². The Morgan fingerprint density at radius 2 is 2.19 bits per heavy atom. The summed E-state index contributed by atoms with van der Waals surface area (Å²) in [6.07, 6.45) is 12.3. The molecule has 1 aliphatic rings. The number of aromatic amines is 1. The molecule has 138 valence electrons. The lowest BCUT2D eigenvalue weighted by Gasteiger charge is -2.08. The van der Waals surface area contributed by atoms with Crippen LogP contribution in [0.1, 0.15) is 18.5 Å². The molecule has 0 bridgehead atoms. The van der Waals surface area contributed by atoms with Gasteiger partial charge in [0.05, 0.1) is 23.8 Å². The second-order valence-corrected chi connectivity index (χ2v) is 7.93. The van der Waals surface area contributed by atoms with E-state index >= 15 is 0 Å². The highest BCUT2D eigenvalue weighted by Crippen LogP contribution is 2.26. The van der Waals surface area contributed by atoms with Gasteiger partial charge in [0.1, 0.15) is 0 Å². The van der Waals surface area contributed by atoms with E-state index in [-0.39, 0.29) is 0 Å². The summed E-state index contributed by atoms with van der Waals surface area (Å²) in [7, 11) is 0. The molecule has 27 heavy (non-hydrogen) atoms. The Bertz CT molecular complexity index is 1060. The number of likely N-dealkylation sites (tertiary alicyclic amines) is 1. The van der Waals surface area contributed by atoms with Crippen LogP contribution in [-0.2, 0) is 6.67 Å². The van der Waals surface area contributed by atoms with Gasteiger partial charge in [0.25, 0.3) is 0 Å². The summed E-state index contributed by atoms with van der Waals surface area (Å²) in [6, 6.07) is 2.10. The normalized spacial score (nSPS) is 15.0. The van der Waals surface area contributed by atoms with Crippen LogP contribution in [0.2, 0.25) is 0 Å². The van der Waals surface area contributed by atoms with Crippen molar-refractivity contribution in [2.24, 2.45) is 0 Å². The number of nitrogens with zero attached hydrogens (tertiary/aromatic N) is 6. The van der Waals surface area contributed by atoms with E-state index in [9.17, 15) is 0 Å². The van der Waals surface area contributed by atoms with Gasteiger partial charge in [-0.15, -0.1) is 3.96 Å². The van der Waals surface area contributed by atoms with Crippen LogP contribution in [0.15, 0.2) is 37.1 Å². The molecule has 0 atom stereocenters. The SMILES string of the molecule is Cc1cn2c(-c3cn[nH]c3)cnc2c(Nc2cc[n+](CN3CCCC3)s2)n1. The molecule has 0 radical (unpaired) electrons. The zero-order valence-electron chi connectivity index (χ0n) is 15.1. The lowest BCUT2D eigenvalue weighted by Crippen LogP contribution is -2.38. The van der Waals surface area contributed by atoms with E-state index in [0.717, 1.165) is 40.1 Å². The molecular weight excluding hydrogens is 360 g/mol. The van der Waals surface area contributed by atoms with Crippen LogP contribution in [0.25, 0.3) is 16.9 Å². The highest BCUT2D eigenvalue weighted by atomic mass is 32.1. The molecule has 0 aliphatic carbocycles. The first-order chi connectivity index (χ1) is 13.3. The van der Waals surface area contributed by atoms with Crippen LogP contribution in [0.3, 0.4) is 0 Å². The minimum atomic E-state index is 0.764. The highest BCUT2D eigenvalue weighted by molar-refractivity contribution is 7.06. The quantitative estimate of drug-likeness (QED) is 0.520. The number of H-pyrrole nitrogens is 1. The Kier molecular flexibility index (Phi) is 4.10. The van der Waals surface area contributed by atoms with E-state index in [1.807, 2.05) is 25.5 Å². The number of imidazole rings is 1. The first-order valence-electron chi connectivity index (χ1n) is 9.09. The lowest BCUT2D eigenvalue weighted by atomic mass is 10.3. The van der Waals surface area contributed by atoms with Crippen molar-refractivity contribution in [3.63, 3.8) is 0 Å². The summed E-state index contributed by atoms with van der Waals surface area (Å²) >= 11 is 1.71. The second-order valence-electron chi connectivity index (χ2n) is 6.83. The first kappa shape index (κ1) is 16.4.